The maximum atomic E-state index is 12.6. The predicted octanol–water partition coefficient (Wildman–Crippen LogP) is 3.78. The third-order valence-electron chi connectivity index (χ3n) is 3.16. The van der Waals surface area contributed by atoms with E-state index in [1.807, 2.05) is 6.07 Å². The first-order valence-electron chi connectivity index (χ1n) is 7.53. The van der Waals surface area contributed by atoms with Crippen molar-refractivity contribution in [3.05, 3.63) is 28.3 Å². The quantitative estimate of drug-likeness (QED) is 0.622. The van der Waals surface area contributed by atoms with Gasteiger partial charge in [0.25, 0.3) is 0 Å². The molecule has 0 aromatic heterocycles. The summed E-state index contributed by atoms with van der Waals surface area (Å²) in [5.41, 5.74) is 0.746. The van der Waals surface area contributed by atoms with Crippen molar-refractivity contribution in [2.45, 2.75) is 57.1 Å². The van der Waals surface area contributed by atoms with Gasteiger partial charge in [-0.1, -0.05) is 0 Å². The molecule has 0 aliphatic carbocycles. The van der Waals surface area contributed by atoms with Crippen LogP contribution in [0.15, 0.2) is 12.1 Å². The van der Waals surface area contributed by atoms with E-state index in [2.05, 4.69) is 20.8 Å². The van der Waals surface area contributed by atoms with Gasteiger partial charge in [0.15, 0.2) is 0 Å². The Hall–Kier alpha value is -0.751. The van der Waals surface area contributed by atoms with Crippen LogP contribution in [0.4, 0.5) is 4.79 Å². The van der Waals surface area contributed by atoms with Crippen LogP contribution in [0.5, 0.6) is 0 Å². The number of halogens is 1. The Morgan fingerprint density at radius 2 is 1.83 bits per heavy atom. The Bertz CT molecular complexity index is 659. The van der Waals surface area contributed by atoms with Crippen molar-refractivity contribution in [3.63, 3.8) is 0 Å². The second-order valence-electron chi connectivity index (χ2n) is 7.70. The number of fused-ring (bicyclic) bond motifs is 1. The van der Waals surface area contributed by atoms with Crippen molar-refractivity contribution in [3.8, 4) is 0 Å². The van der Waals surface area contributed by atoms with Crippen LogP contribution in [-0.2, 0) is 11.3 Å². The SMILES string of the molecule is CC(C)(C)OC(=O)N1Cc2[c]([Sn][C](C)(C)C)ccc(Cl)c2C1=O. The normalized spacial score (nSPS) is 14.9. The van der Waals surface area contributed by atoms with Crippen LogP contribution in [-0.4, -0.2) is 43.6 Å². The third-order valence-corrected chi connectivity index (χ3v) is 7.72. The molecule has 124 valence electrons. The molecule has 0 unspecified atom stereocenters. The summed E-state index contributed by atoms with van der Waals surface area (Å²) in [5.74, 6) is -0.352. The van der Waals surface area contributed by atoms with E-state index < -0.39 is 32.8 Å². The Kier molecular flexibility index (Phi) is 5.07. The Morgan fingerprint density at radius 1 is 1.22 bits per heavy atom. The van der Waals surface area contributed by atoms with Gasteiger partial charge >= 0.3 is 153 Å². The summed E-state index contributed by atoms with van der Waals surface area (Å²) in [6.07, 6.45) is -0.609. The van der Waals surface area contributed by atoms with E-state index >= 15 is 0 Å². The van der Waals surface area contributed by atoms with Gasteiger partial charge in [0.2, 0.25) is 0 Å². The molecule has 23 heavy (non-hydrogen) atoms. The summed E-state index contributed by atoms with van der Waals surface area (Å²) in [4.78, 5) is 26.1. The molecule has 1 heterocycles. The molecule has 0 spiro atoms. The minimum absolute atomic E-state index is 0.243. The molecule has 0 atom stereocenters. The van der Waals surface area contributed by atoms with Gasteiger partial charge in [0.05, 0.1) is 0 Å². The van der Waals surface area contributed by atoms with Gasteiger partial charge in [-0.15, -0.1) is 0 Å². The monoisotopic (exact) mass is 443 g/mol. The summed E-state index contributed by atoms with van der Waals surface area (Å²) >= 11 is 5.31. The number of hydrogen-bond donors (Lipinski definition) is 0. The van der Waals surface area contributed by atoms with E-state index in [1.54, 1.807) is 26.8 Å². The molecule has 1 aliphatic heterocycles. The fourth-order valence-electron chi connectivity index (χ4n) is 2.37. The molecule has 0 N–H and O–H groups in total. The minimum atomic E-state index is -0.920. The van der Waals surface area contributed by atoms with E-state index in [1.165, 1.54) is 3.58 Å². The second kappa shape index (κ2) is 6.28. The average molecular weight is 443 g/mol. The van der Waals surface area contributed by atoms with Crippen LogP contribution in [0.3, 0.4) is 0 Å². The van der Waals surface area contributed by atoms with Crippen molar-refractivity contribution < 1.29 is 14.3 Å². The number of amides is 2. The van der Waals surface area contributed by atoms with E-state index in [9.17, 15) is 9.59 Å². The molecular formula is C17H22ClNO3Sn. The van der Waals surface area contributed by atoms with Gasteiger partial charge in [0.1, 0.15) is 0 Å². The van der Waals surface area contributed by atoms with Crippen molar-refractivity contribution in [2.75, 3.05) is 0 Å². The molecule has 1 aromatic rings. The summed E-state index contributed by atoms with van der Waals surface area (Å²) in [6.45, 7) is 12.2. The molecule has 1 aromatic carbocycles. The van der Waals surface area contributed by atoms with Crippen LogP contribution in [0.2, 0.25) is 8.45 Å². The summed E-state index contributed by atoms with van der Waals surface area (Å²) in [6, 6.07) is 3.79. The topological polar surface area (TPSA) is 46.6 Å². The molecule has 0 fully saturated rings. The van der Waals surface area contributed by atoms with Gasteiger partial charge < -0.3 is 0 Å². The van der Waals surface area contributed by atoms with Gasteiger partial charge in [-0.2, -0.15) is 0 Å². The molecule has 6 heteroatoms. The predicted molar refractivity (Wildman–Crippen MR) is 92.7 cm³/mol. The van der Waals surface area contributed by atoms with Crippen molar-refractivity contribution >= 4 is 48.3 Å². The molecule has 4 nitrogen and oxygen atoms in total. The van der Waals surface area contributed by atoms with Crippen LogP contribution in [0, 0.1) is 0 Å². The fourth-order valence-corrected chi connectivity index (χ4v) is 6.42. The zero-order chi connectivity index (χ0) is 17.6. The van der Waals surface area contributed by atoms with Crippen LogP contribution in [0.1, 0.15) is 57.5 Å². The number of imide groups is 1. The molecule has 2 rings (SSSR count). The number of benzene rings is 1. The van der Waals surface area contributed by atoms with Crippen molar-refractivity contribution in [2.24, 2.45) is 0 Å². The average Bonchev–Trinajstić information content (AvgIpc) is 2.68. The zero-order valence-corrected chi connectivity index (χ0v) is 18.0. The number of rotatable bonds is 1. The van der Waals surface area contributed by atoms with E-state index in [-0.39, 0.29) is 15.9 Å². The zero-order valence-electron chi connectivity index (χ0n) is 14.4. The van der Waals surface area contributed by atoms with E-state index in [4.69, 9.17) is 16.3 Å². The fraction of sp³-hybridized carbons (Fsp3) is 0.529. The summed E-state index contributed by atoms with van der Waals surface area (Å²) in [7, 11) is 0. The number of hydrogen-bond acceptors (Lipinski definition) is 3. The van der Waals surface area contributed by atoms with Crippen molar-refractivity contribution in [1.29, 1.82) is 0 Å². The number of carbonyl (C=O) groups excluding carboxylic acids is 2. The molecule has 2 radical (unpaired) electrons. The number of carbonyl (C=O) groups is 2. The molecule has 1 aliphatic rings. The maximum absolute atomic E-state index is 12.6. The Balaban J connectivity index is 2.36. The van der Waals surface area contributed by atoms with Gasteiger partial charge in [-0.3, -0.25) is 0 Å². The molecule has 2 amide bonds. The molecular weight excluding hydrogens is 420 g/mol. The van der Waals surface area contributed by atoms with E-state index in [0.717, 1.165) is 10.5 Å². The van der Waals surface area contributed by atoms with Crippen LogP contribution in [0.25, 0.3) is 0 Å². The first-order valence-corrected chi connectivity index (χ1v) is 10.8. The van der Waals surface area contributed by atoms with Crippen molar-refractivity contribution in [1.82, 2.24) is 4.90 Å². The van der Waals surface area contributed by atoms with Crippen LogP contribution < -0.4 is 3.58 Å². The molecule has 0 saturated carbocycles. The number of nitrogens with zero attached hydrogens (tertiary/aromatic N) is 1. The summed E-state index contributed by atoms with van der Waals surface area (Å²) in [5, 5.41) is 0.410. The van der Waals surface area contributed by atoms with Crippen LogP contribution >= 0.6 is 11.6 Å². The van der Waals surface area contributed by atoms with Gasteiger partial charge in [-0.25, -0.2) is 0 Å². The first-order chi connectivity index (χ1) is 10.4. The number of ether oxygens (including phenoxy) is 1. The second-order valence-corrected chi connectivity index (χ2v) is 14.6. The van der Waals surface area contributed by atoms with E-state index in [0.29, 0.717) is 10.6 Å². The van der Waals surface area contributed by atoms with Gasteiger partial charge in [-0.05, 0) is 0 Å². The standard InChI is InChI=1S/C13H13ClNO3.C4H9.Sn/c1-13(2,3)18-12(17)15-7-8-5-4-6-9(14)10(8)11(15)16;1-4(2)3;/h4,6H,7H2,1-3H3;1-3H3;. The Labute approximate surface area is 152 Å². The molecule has 0 bridgehead atoms. The molecule has 0 saturated heterocycles. The third kappa shape index (κ3) is 4.41. The Morgan fingerprint density at radius 3 is 2.35 bits per heavy atom. The van der Waals surface area contributed by atoms with Gasteiger partial charge in [0, 0.05) is 0 Å². The summed E-state index contributed by atoms with van der Waals surface area (Å²) < 4.78 is 6.81. The first kappa shape index (κ1) is 18.6.